The number of carbonyl (C=O) groups excluding carboxylic acids is 1. The van der Waals surface area contributed by atoms with Crippen LogP contribution >= 0.6 is 0 Å². The summed E-state index contributed by atoms with van der Waals surface area (Å²) in [6.07, 6.45) is 2.64. The molecule has 1 amide bonds. The molecule has 1 aliphatic heterocycles. The average molecular weight is 256 g/mol. The number of carbonyl (C=O) groups is 1. The maximum absolute atomic E-state index is 12.1. The molecule has 1 atom stereocenters. The molecule has 0 aliphatic carbocycles. The molecular weight excluding hydrogens is 228 g/mol. The first-order valence-corrected chi connectivity index (χ1v) is 6.76. The van der Waals surface area contributed by atoms with Crippen molar-refractivity contribution in [3.63, 3.8) is 0 Å². The van der Waals surface area contributed by atoms with Gasteiger partial charge in [-0.1, -0.05) is 13.8 Å². The highest BCUT2D eigenvalue weighted by Crippen LogP contribution is 2.30. The molecule has 0 aromatic rings. The number of hydrogen-bond acceptors (Lipinski definition) is 3. The monoisotopic (exact) mass is 256 g/mol. The van der Waals surface area contributed by atoms with Crippen molar-refractivity contribution in [2.24, 2.45) is 11.1 Å². The topological polar surface area (TPSA) is 55.6 Å². The minimum absolute atomic E-state index is 0.160. The molecular formula is C14H28N2O2. The molecule has 1 unspecified atom stereocenters. The third-order valence-corrected chi connectivity index (χ3v) is 4.26. The molecule has 1 aliphatic rings. The largest absolute Gasteiger partial charge is 0.377 e. The van der Waals surface area contributed by atoms with Crippen molar-refractivity contribution in [3.05, 3.63) is 0 Å². The molecule has 0 bridgehead atoms. The fourth-order valence-corrected chi connectivity index (χ4v) is 2.09. The summed E-state index contributed by atoms with van der Waals surface area (Å²) in [4.78, 5) is 14.0. The second-order valence-corrected chi connectivity index (χ2v) is 6.67. The lowest BCUT2D eigenvalue weighted by Gasteiger charge is -2.34. The van der Waals surface area contributed by atoms with Crippen molar-refractivity contribution in [1.29, 1.82) is 0 Å². The number of nitrogens with two attached hydrogens (primary N) is 1. The molecule has 106 valence electrons. The van der Waals surface area contributed by atoms with Gasteiger partial charge in [0, 0.05) is 26.6 Å². The molecule has 4 heteroatoms. The van der Waals surface area contributed by atoms with E-state index in [1.165, 1.54) is 0 Å². The van der Waals surface area contributed by atoms with Crippen LogP contribution in [0.2, 0.25) is 0 Å². The molecule has 0 spiro atoms. The summed E-state index contributed by atoms with van der Waals surface area (Å²) >= 11 is 0. The molecule has 1 heterocycles. The van der Waals surface area contributed by atoms with Crippen molar-refractivity contribution < 1.29 is 9.53 Å². The molecule has 1 saturated heterocycles. The van der Waals surface area contributed by atoms with Crippen LogP contribution in [0, 0.1) is 5.41 Å². The number of nitrogens with zero attached hydrogens (tertiary/aromatic N) is 1. The Morgan fingerprint density at radius 3 is 2.61 bits per heavy atom. The van der Waals surface area contributed by atoms with E-state index in [9.17, 15) is 4.79 Å². The predicted molar refractivity (Wildman–Crippen MR) is 73.3 cm³/mol. The van der Waals surface area contributed by atoms with Gasteiger partial charge in [-0.25, -0.2) is 0 Å². The Balaban J connectivity index is 2.64. The van der Waals surface area contributed by atoms with Gasteiger partial charge >= 0.3 is 0 Å². The van der Waals surface area contributed by atoms with Crippen LogP contribution in [-0.4, -0.2) is 42.6 Å². The van der Waals surface area contributed by atoms with E-state index in [0.29, 0.717) is 13.0 Å². The Morgan fingerprint density at radius 2 is 2.06 bits per heavy atom. The smallest absolute Gasteiger partial charge is 0.222 e. The van der Waals surface area contributed by atoms with Crippen molar-refractivity contribution in [2.75, 3.05) is 20.2 Å². The van der Waals surface area contributed by atoms with Gasteiger partial charge in [0.05, 0.1) is 11.6 Å². The SMILES string of the molecule is COC(C)(C)C(N)CN1CCC(C)(C)CCC1=O. The van der Waals surface area contributed by atoms with E-state index in [1.54, 1.807) is 7.11 Å². The third kappa shape index (κ3) is 3.95. The summed E-state index contributed by atoms with van der Waals surface area (Å²) in [7, 11) is 1.66. The Bertz CT molecular complexity index is 300. The second kappa shape index (κ2) is 5.57. The zero-order valence-electron chi connectivity index (χ0n) is 12.5. The molecule has 2 N–H and O–H groups in total. The summed E-state index contributed by atoms with van der Waals surface area (Å²) in [5, 5.41) is 0. The number of hydrogen-bond donors (Lipinski definition) is 1. The number of rotatable bonds is 4. The fraction of sp³-hybridized carbons (Fsp3) is 0.929. The number of amides is 1. The van der Waals surface area contributed by atoms with Gasteiger partial charge in [0.15, 0.2) is 0 Å². The van der Waals surface area contributed by atoms with Crippen molar-refractivity contribution >= 4 is 5.91 Å². The predicted octanol–water partition coefficient (Wildman–Crippen LogP) is 1.78. The molecule has 4 nitrogen and oxygen atoms in total. The number of likely N-dealkylation sites (tertiary alicyclic amines) is 1. The first-order valence-electron chi connectivity index (χ1n) is 6.76. The molecule has 18 heavy (non-hydrogen) atoms. The van der Waals surface area contributed by atoms with E-state index >= 15 is 0 Å². The molecule has 1 fully saturated rings. The average Bonchev–Trinajstić information content (AvgIpc) is 2.42. The van der Waals surface area contributed by atoms with Gasteiger partial charge in [0.1, 0.15) is 0 Å². The zero-order chi connectivity index (χ0) is 14.0. The van der Waals surface area contributed by atoms with E-state index in [4.69, 9.17) is 10.5 Å². The highest BCUT2D eigenvalue weighted by atomic mass is 16.5. The van der Waals surface area contributed by atoms with Crippen LogP contribution in [0.5, 0.6) is 0 Å². The minimum Gasteiger partial charge on any atom is -0.377 e. The molecule has 0 radical (unpaired) electrons. The summed E-state index contributed by atoms with van der Waals surface area (Å²) in [6, 6.07) is -0.160. The molecule has 0 aromatic heterocycles. The van der Waals surface area contributed by atoms with Crippen LogP contribution in [0.15, 0.2) is 0 Å². The maximum atomic E-state index is 12.1. The van der Waals surface area contributed by atoms with Crippen LogP contribution < -0.4 is 5.73 Å². The van der Waals surface area contributed by atoms with Crippen molar-refractivity contribution in [2.45, 2.75) is 58.6 Å². The van der Waals surface area contributed by atoms with E-state index in [2.05, 4.69) is 13.8 Å². The number of ether oxygens (including phenoxy) is 1. The molecule has 1 rings (SSSR count). The standard InChI is InChI=1S/C14H28N2O2/c1-13(2)7-6-12(17)16(9-8-13)10-11(15)14(3,4)18-5/h11H,6-10,15H2,1-5H3. The van der Waals surface area contributed by atoms with E-state index in [1.807, 2.05) is 18.7 Å². The first-order chi connectivity index (χ1) is 8.18. The minimum atomic E-state index is -0.401. The molecule has 0 saturated carbocycles. The van der Waals surface area contributed by atoms with Crippen LogP contribution in [0.3, 0.4) is 0 Å². The van der Waals surface area contributed by atoms with Gasteiger partial charge in [-0.05, 0) is 32.1 Å². The van der Waals surface area contributed by atoms with Gasteiger partial charge in [-0.3, -0.25) is 4.79 Å². The maximum Gasteiger partial charge on any atom is 0.222 e. The quantitative estimate of drug-likeness (QED) is 0.834. The highest BCUT2D eigenvalue weighted by molar-refractivity contribution is 5.76. The lowest BCUT2D eigenvalue weighted by atomic mass is 9.85. The summed E-state index contributed by atoms with van der Waals surface area (Å²) in [5.41, 5.74) is 6.01. The Labute approximate surface area is 111 Å². The van der Waals surface area contributed by atoms with E-state index < -0.39 is 5.60 Å². The second-order valence-electron chi connectivity index (χ2n) is 6.67. The van der Waals surface area contributed by atoms with Gasteiger partial charge in [-0.2, -0.15) is 0 Å². The Morgan fingerprint density at radius 1 is 1.44 bits per heavy atom. The van der Waals surface area contributed by atoms with Crippen molar-refractivity contribution in [3.8, 4) is 0 Å². The van der Waals surface area contributed by atoms with Gasteiger partial charge in [-0.15, -0.1) is 0 Å². The summed E-state index contributed by atoms with van der Waals surface area (Å²) in [5.74, 6) is 0.225. The summed E-state index contributed by atoms with van der Waals surface area (Å²) < 4.78 is 5.39. The molecule has 0 aromatic carbocycles. The Kier molecular flexibility index (Phi) is 4.78. The van der Waals surface area contributed by atoms with Crippen LogP contribution in [0.1, 0.15) is 47.0 Å². The summed E-state index contributed by atoms with van der Waals surface area (Å²) in [6.45, 7) is 9.76. The lowest BCUT2D eigenvalue weighted by Crippen LogP contribution is -2.52. The van der Waals surface area contributed by atoms with E-state index in [0.717, 1.165) is 19.4 Å². The zero-order valence-corrected chi connectivity index (χ0v) is 12.5. The first kappa shape index (κ1) is 15.4. The highest BCUT2D eigenvalue weighted by Gasteiger charge is 2.32. The third-order valence-electron chi connectivity index (χ3n) is 4.26. The van der Waals surface area contributed by atoms with Crippen LogP contribution in [-0.2, 0) is 9.53 Å². The van der Waals surface area contributed by atoms with Crippen LogP contribution in [0.4, 0.5) is 0 Å². The van der Waals surface area contributed by atoms with Gasteiger partial charge in [0.25, 0.3) is 0 Å². The van der Waals surface area contributed by atoms with Crippen molar-refractivity contribution in [1.82, 2.24) is 4.90 Å². The number of methoxy groups -OCH3 is 1. The Hall–Kier alpha value is -0.610. The normalized spacial score (nSPS) is 22.8. The lowest BCUT2D eigenvalue weighted by molar-refractivity contribution is -0.131. The fourth-order valence-electron chi connectivity index (χ4n) is 2.09. The van der Waals surface area contributed by atoms with Gasteiger partial charge < -0.3 is 15.4 Å². The van der Waals surface area contributed by atoms with E-state index in [-0.39, 0.29) is 17.4 Å². The van der Waals surface area contributed by atoms with Crippen LogP contribution in [0.25, 0.3) is 0 Å². The van der Waals surface area contributed by atoms with Gasteiger partial charge in [0.2, 0.25) is 5.91 Å².